The molecule has 0 heterocycles. The summed E-state index contributed by atoms with van der Waals surface area (Å²) in [6, 6.07) is 7.14. The molecule has 0 unspecified atom stereocenters. The van der Waals surface area contributed by atoms with Crippen LogP contribution in [0.25, 0.3) is 0 Å². The van der Waals surface area contributed by atoms with Gasteiger partial charge in [-0.05, 0) is 46.9 Å². The molecule has 0 atom stereocenters. The van der Waals surface area contributed by atoms with E-state index < -0.39 is 0 Å². The number of carbonyl (C=O) groups is 2. The number of benzene rings is 1. The van der Waals surface area contributed by atoms with Crippen molar-refractivity contribution < 1.29 is 9.59 Å². The maximum atomic E-state index is 11.2. The normalized spacial score (nSPS) is 9.31. The Morgan fingerprint density at radius 3 is 2.54 bits per heavy atom. The van der Waals surface area contributed by atoms with Crippen molar-refractivity contribution >= 4 is 34.8 Å². The van der Waals surface area contributed by atoms with Gasteiger partial charge in [-0.15, -0.1) is 0 Å². The summed E-state index contributed by atoms with van der Waals surface area (Å²) in [5.41, 5.74) is 0.572. The minimum Gasteiger partial charge on any atom is -0.345 e. The summed E-state index contributed by atoms with van der Waals surface area (Å²) in [7, 11) is 0. The first-order valence-corrected chi connectivity index (χ1v) is 4.79. The predicted octanol–water partition coefficient (Wildman–Crippen LogP) is 1.22. The monoisotopic (exact) mass is 285 g/mol. The molecular weight excluding hydrogens is 277 g/mol. The van der Waals surface area contributed by atoms with Crippen LogP contribution < -0.4 is 5.32 Å². The van der Waals surface area contributed by atoms with Crippen molar-refractivity contribution in [1.82, 2.24) is 5.32 Å². The number of amides is 1. The quantitative estimate of drug-likeness (QED) is 0.670. The Labute approximate surface area is 89.7 Å². The second-order valence-electron chi connectivity index (χ2n) is 2.38. The van der Waals surface area contributed by atoms with Gasteiger partial charge >= 0.3 is 0 Å². The van der Waals surface area contributed by atoms with Crippen molar-refractivity contribution in [2.24, 2.45) is 0 Å². The molecule has 0 spiro atoms. The Kier molecular flexibility index (Phi) is 3.88. The molecule has 13 heavy (non-hydrogen) atoms. The van der Waals surface area contributed by atoms with Gasteiger partial charge in [0.1, 0.15) is 6.29 Å². The lowest BCUT2D eigenvalue weighted by molar-refractivity contribution is -0.107. The molecule has 68 valence electrons. The zero-order valence-corrected chi connectivity index (χ0v) is 8.95. The standard InChI is InChI=1S/C9H8INO2/c10-8-3-1-7(2-4-8)9(13)11-5-6-12/h1-4,6H,5H2,(H,11,13)/i10-4. The Bertz CT molecular complexity index is 308. The molecule has 0 aliphatic carbocycles. The molecule has 1 amide bonds. The van der Waals surface area contributed by atoms with Crippen LogP contribution in [0, 0.1) is 3.57 Å². The SMILES string of the molecule is O=CCNC(=O)c1ccc([123I])cc1. The number of hydrogen-bond donors (Lipinski definition) is 1. The lowest BCUT2D eigenvalue weighted by Gasteiger charge is -2.00. The Balaban J connectivity index is 2.66. The van der Waals surface area contributed by atoms with Crippen molar-refractivity contribution in [3.63, 3.8) is 0 Å². The van der Waals surface area contributed by atoms with Gasteiger partial charge in [-0.3, -0.25) is 4.79 Å². The first kappa shape index (κ1) is 10.2. The predicted molar refractivity (Wildman–Crippen MR) is 57.6 cm³/mol. The molecule has 0 aromatic heterocycles. The molecule has 1 rings (SSSR count). The summed E-state index contributed by atoms with van der Waals surface area (Å²) in [4.78, 5) is 21.2. The molecule has 0 aliphatic heterocycles. The third-order valence-corrected chi connectivity index (χ3v) is 2.17. The van der Waals surface area contributed by atoms with Gasteiger partial charge in [0.25, 0.3) is 5.91 Å². The third kappa shape index (κ3) is 3.14. The van der Waals surface area contributed by atoms with E-state index in [0.29, 0.717) is 11.8 Å². The van der Waals surface area contributed by atoms with Crippen LogP contribution in [0.4, 0.5) is 0 Å². The van der Waals surface area contributed by atoms with E-state index >= 15 is 0 Å². The van der Waals surface area contributed by atoms with Gasteiger partial charge in [0.2, 0.25) is 0 Å². The topological polar surface area (TPSA) is 46.2 Å². The van der Waals surface area contributed by atoms with E-state index in [2.05, 4.69) is 27.9 Å². The van der Waals surface area contributed by atoms with Crippen LogP contribution in [-0.2, 0) is 4.79 Å². The molecule has 0 saturated carbocycles. The van der Waals surface area contributed by atoms with Crippen LogP contribution in [0.3, 0.4) is 0 Å². The van der Waals surface area contributed by atoms with Gasteiger partial charge < -0.3 is 10.1 Å². The van der Waals surface area contributed by atoms with Crippen LogP contribution in [0.15, 0.2) is 24.3 Å². The van der Waals surface area contributed by atoms with E-state index in [1.54, 1.807) is 12.1 Å². The molecule has 0 radical (unpaired) electrons. The molecule has 0 aliphatic rings. The van der Waals surface area contributed by atoms with Crippen molar-refractivity contribution in [1.29, 1.82) is 0 Å². The number of halogens is 1. The maximum Gasteiger partial charge on any atom is 0.251 e. The minimum absolute atomic E-state index is 0.0603. The van der Waals surface area contributed by atoms with Crippen molar-refractivity contribution in [2.45, 2.75) is 0 Å². The number of rotatable bonds is 3. The summed E-state index contributed by atoms with van der Waals surface area (Å²) in [6.45, 7) is 0.0603. The van der Waals surface area contributed by atoms with E-state index in [9.17, 15) is 9.59 Å². The Morgan fingerprint density at radius 2 is 2.00 bits per heavy atom. The van der Waals surface area contributed by atoms with E-state index in [4.69, 9.17) is 0 Å². The average molecular weight is 285 g/mol. The number of aldehydes is 1. The van der Waals surface area contributed by atoms with Crippen LogP contribution in [0.1, 0.15) is 10.4 Å². The molecule has 0 bridgehead atoms. The summed E-state index contributed by atoms with van der Waals surface area (Å²) in [6.07, 6.45) is 0.657. The molecule has 4 heteroatoms. The fourth-order valence-corrected chi connectivity index (χ4v) is 1.20. The first-order valence-electron chi connectivity index (χ1n) is 3.71. The number of nitrogens with one attached hydrogen (secondary N) is 1. The Hall–Kier alpha value is -0.910. The van der Waals surface area contributed by atoms with E-state index in [1.807, 2.05) is 12.1 Å². The van der Waals surface area contributed by atoms with Gasteiger partial charge in [0.15, 0.2) is 0 Å². The lowest BCUT2D eigenvalue weighted by Crippen LogP contribution is -2.24. The molecule has 0 saturated heterocycles. The number of hydrogen-bond acceptors (Lipinski definition) is 2. The van der Waals surface area contributed by atoms with Gasteiger partial charge in [0.05, 0.1) is 6.54 Å². The van der Waals surface area contributed by atoms with Crippen LogP contribution in [-0.4, -0.2) is 18.7 Å². The number of carbonyl (C=O) groups excluding carboxylic acids is 2. The first-order chi connectivity index (χ1) is 6.24. The Morgan fingerprint density at radius 1 is 1.38 bits per heavy atom. The average Bonchev–Trinajstić information content (AvgIpc) is 2.15. The van der Waals surface area contributed by atoms with E-state index in [0.717, 1.165) is 3.57 Å². The maximum absolute atomic E-state index is 11.2. The largest absolute Gasteiger partial charge is 0.345 e. The van der Waals surface area contributed by atoms with E-state index in [-0.39, 0.29) is 12.5 Å². The zero-order valence-electron chi connectivity index (χ0n) is 6.79. The lowest BCUT2D eigenvalue weighted by atomic mass is 10.2. The van der Waals surface area contributed by atoms with Gasteiger partial charge in [-0.25, -0.2) is 0 Å². The molecule has 3 nitrogen and oxygen atoms in total. The minimum atomic E-state index is -0.219. The highest BCUT2D eigenvalue weighted by Crippen LogP contribution is 2.06. The molecule has 1 N–H and O–H groups in total. The molecule has 1 aromatic carbocycles. The van der Waals surface area contributed by atoms with Gasteiger partial charge in [-0.2, -0.15) is 0 Å². The van der Waals surface area contributed by atoms with Gasteiger partial charge in [-0.1, -0.05) is 0 Å². The molecular formula is C9H8INO2. The highest BCUT2D eigenvalue weighted by molar-refractivity contribution is 14.1. The zero-order chi connectivity index (χ0) is 9.68. The van der Waals surface area contributed by atoms with Crippen molar-refractivity contribution in [2.75, 3.05) is 6.54 Å². The second kappa shape index (κ2) is 4.96. The highest BCUT2D eigenvalue weighted by atomic mass is 123. The fraction of sp³-hybridized carbons (Fsp3) is 0.111. The summed E-state index contributed by atoms with van der Waals surface area (Å²) >= 11 is 2.16. The molecule has 0 fully saturated rings. The highest BCUT2D eigenvalue weighted by Gasteiger charge is 2.02. The van der Waals surface area contributed by atoms with E-state index in [1.165, 1.54) is 0 Å². The van der Waals surface area contributed by atoms with Crippen molar-refractivity contribution in [3.05, 3.63) is 33.4 Å². The second-order valence-corrected chi connectivity index (χ2v) is 3.63. The smallest absolute Gasteiger partial charge is 0.251 e. The van der Waals surface area contributed by atoms with Crippen molar-refractivity contribution in [3.8, 4) is 0 Å². The van der Waals surface area contributed by atoms with Crippen LogP contribution >= 0.6 is 22.6 Å². The van der Waals surface area contributed by atoms with Crippen LogP contribution in [0.5, 0.6) is 0 Å². The fourth-order valence-electron chi connectivity index (χ4n) is 0.838. The summed E-state index contributed by atoms with van der Waals surface area (Å²) in [5.74, 6) is -0.219. The van der Waals surface area contributed by atoms with Crippen LogP contribution in [0.2, 0.25) is 0 Å². The summed E-state index contributed by atoms with van der Waals surface area (Å²) in [5, 5.41) is 2.46. The van der Waals surface area contributed by atoms with Gasteiger partial charge in [0, 0.05) is 9.13 Å². The summed E-state index contributed by atoms with van der Waals surface area (Å²) < 4.78 is 1.07. The molecule has 1 aromatic rings. The third-order valence-electron chi connectivity index (χ3n) is 1.45.